The molecule has 1 aliphatic carbocycles. The van der Waals surface area contributed by atoms with Crippen molar-refractivity contribution in [2.75, 3.05) is 26.3 Å². The topological polar surface area (TPSA) is 79.0 Å². The van der Waals surface area contributed by atoms with Crippen molar-refractivity contribution in [1.29, 1.82) is 0 Å². The molecule has 21 heavy (non-hydrogen) atoms. The molecule has 1 N–H and O–H groups in total. The molecule has 2 aliphatic heterocycles. The zero-order valence-corrected chi connectivity index (χ0v) is 12.1. The smallest absolute Gasteiger partial charge is 0.345 e. The highest BCUT2D eigenvalue weighted by molar-refractivity contribution is 6.18. The second kappa shape index (κ2) is 5.73. The lowest BCUT2D eigenvalue weighted by Crippen LogP contribution is -2.68. The fourth-order valence-electron chi connectivity index (χ4n) is 3.45. The van der Waals surface area contributed by atoms with Gasteiger partial charge in [0.1, 0.15) is 5.41 Å². The summed E-state index contributed by atoms with van der Waals surface area (Å²) in [5.41, 5.74) is -1.05. The third kappa shape index (κ3) is 2.44. The van der Waals surface area contributed by atoms with Crippen molar-refractivity contribution in [3.05, 3.63) is 0 Å². The van der Waals surface area contributed by atoms with Crippen LogP contribution in [0, 0.1) is 5.41 Å². The maximum absolute atomic E-state index is 12.9. The van der Waals surface area contributed by atoms with Crippen LogP contribution in [0.2, 0.25) is 0 Å². The maximum atomic E-state index is 12.9. The third-order valence-electron chi connectivity index (χ3n) is 4.68. The number of rotatable bonds is 1. The summed E-state index contributed by atoms with van der Waals surface area (Å²) < 4.78 is 5.26. The van der Waals surface area contributed by atoms with Gasteiger partial charge in [0.15, 0.2) is 0 Å². The first-order valence-electron chi connectivity index (χ1n) is 7.68. The Morgan fingerprint density at radius 3 is 2.19 bits per heavy atom. The zero-order chi connectivity index (χ0) is 14.9. The summed E-state index contributed by atoms with van der Waals surface area (Å²) >= 11 is 0. The lowest BCUT2D eigenvalue weighted by atomic mass is 9.77. The summed E-state index contributed by atoms with van der Waals surface area (Å²) in [7, 11) is 0. The molecule has 0 unspecified atom stereocenters. The summed E-state index contributed by atoms with van der Waals surface area (Å²) in [6, 6.07) is -0.623. The number of barbiturate groups is 1. The number of carbonyl (C=O) groups is 3. The van der Waals surface area contributed by atoms with Crippen LogP contribution in [0.25, 0.3) is 0 Å². The Kier molecular flexibility index (Phi) is 3.95. The number of carbonyl (C=O) groups excluding carboxylic acids is 3. The minimum atomic E-state index is -1.05. The number of nitrogens with zero attached hydrogens (tertiary/aromatic N) is 2. The van der Waals surface area contributed by atoms with Crippen LogP contribution in [-0.2, 0) is 14.3 Å². The summed E-state index contributed by atoms with van der Waals surface area (Å²) in [6.45, 7) is 1.95. The van der Waals surface area contributed by atoms with E-state index in [-0.39, 0.29) is 5.91 Å². The van der Waals surface area contributed by atoms with E-state index in [1.54, 1.807) is 5.01 Å². The van der Waals surface area contributed by atoms with Crippen LogP contribution in [0.15, 0.2) is 0 Å². The largest absolute Gasteiger partial charge is 0.379 e. The molecule has 4 amide bonds. The molecule has 7 heteroatoms. The van der Waals surface area contributed by atoms with Crippen LogP contribution >= 0.6 is 0 Å². The molecule has 0 aromatic carbocycles. The van der Waals surface area contributed by atoms with Crippen LogP contribution in [0.3, 0.4) is 0 Å². The highest BCUT2D eigenvalue weighted by Gasteiger charge is 2.54. The molecule has 0 bridgehead atoms. The van der Waals surface area contributed by atoms with Crippen molar-refractivity contribution in [3.8, 4) is 0 Å². The Labute approximate surface area is 123 Å². The van der Waals surface area contributed by atoms with Crippen LogP contribution in [0.1, 0.15) is 38.5 Å². The molecule has 3 rings (SSSR count). The van der Waals surface area contributed by atoms with Crippen molar-refractivity contribution in [1.82, 2.24) is 15.3 Å². The Morgan fingerprint density at radius 2 is 1.57 bits per heavy atom. The third-order valence-corrected chi connectivity index (χ3v) is 4.68. The SMILES string of the molecule is O=C1NC(=O)C2(CCCCCC2)C(=O)N1N1CCOCC1. The molecule has 0 atom stereocenters. The summed E-state index contributed by atoms with van der Waals surface area (Å²) in [4.78, 5) is 37.4. The lowest BCUT2D eigenvalue weighted by Gasteiger charge is -2.44. The van der Waals surface area contributed by atoms with E-state index in [9.17, 15) is 14.4 Å². The zero-order valence-electron chi connectivity index (χ0n) is 12.1. The Hall–Kier alpha value is -1.47. The molecule has 1 saturated carbocycles. The van der Waals surface area contributed by atoms with Crippen LogP contribution in [0.4, 0.5) is 4.79 Å². The predicted molar refractivity (Wildman–Crippen MR) is 72.9 cm³/mol. The number of hydrogen-bond acceptors (Lipinski definition) is 5. The van der Waals surface area contributed by atoms with Crippen molar-refractivity contribution in [2.45, 2.75) is 38.5 Å². The van der Waals surface area contributed by atoms with Gasteiger partial charge in [0.2, 0.25) is 5.91 Å². The first kappa shape index (κ1) is 14.5. The molecule has 2 saturated heterocycles. The van der Waals surface area contributed by atoms with Crippen LogP contribution < -0.4 is 5.32 Å². The average Bonchev–Trinajstić information content (AvgIpc) is 2.74. The van der Waals surface area contributed by atoms with E-state index < -0.39 is 17.4 Å². The van der Waals surface area contributed by atoms with E-state index >= 15 is 0 Å². The van der Waals surface area contributed by atoms with Gasteiger partial charge in [-0.15, -0.1) is 0 Å². The normalized spacial score (nSPS) is 27.6. The highest BCUT2D eigenvalue weighted by atomic mass is 16.5. The van der Waals surface area contributed by atoms with Crippen LogP contribution in [-0.4, -0.2) is 54.2 Å². The van der Waals surface area contributed by atoms with Gasteiger partial charge in [-0.3, -0.25) is 14.9 Å². The Morgan fingerprint density at radius 1 is 0.952 bits per heavy atom. The van der Waals surface area contributed by atoms with E-state index in [0.29, 0.717) is 39.1 Å². The van der Waals surface area contributed by atoms with E-state index in [4.69, 9.17) is 4.74 Å². The molecule has 0 aromatic rings. The van der Waals surface area contributed by atoms with Crippen molar-refractivity contribution in [2.24, 2.45) is 5.41 Å². The summed E-state index contributed by atoms with van der Waals surface area (Å²) in [5.74, 6) is -0.760. The molecule has 1 spiro atoms. The fourth-order valence-corrected chi connectivity index (χ4v) is 3.45. The average molecular weight is 295 g/mol. The molecule has 3 fully saturated rings. The van der Waals surface area contributed by atoms with Gasteiger partial charge < -0.3 is 4.74 Å². The van der Waals surface area contributed by atoms with Gasteiger partial charge in [0.25, 0.3) is 5.91 Å². The van der Waals surface area contributed by atoms with Gasteiger partial charge in [-0.25, -0.2) is 9.80 Å². The van der Waals surface area contributed by atoms with E-state index in [1.165, 1.54) is 0 Å². The monoisotopic (exact) mass is 295 g/mol. The molecular weight excluding hydrogens is 274 g/mol. The van der Waals surface area contributed by atoms with Gasteiger partial charge >= 0.3 is 6.03 Å². The molecular formula is C14H21N3O4. The summed E-state index contributed by atoms with van der Waals surface area (Å²) in [5, 5.41) is 5.23. The lowest BCUT2D eigenvalue weighted by molar-refractivity contribution is -0.168. The van der Waals surface area contributed by atoms with Crippen molar-refractivity contribution in [3.63, 3.8) is 0 Å². The number of hydrazine groups is 1. The van der Waals surface area contributed by atoms with E-state index in [1.807, 2.05) is 0 Å². The molecule has 0 aromatic heterocycles. The van der Waals surface area contributed by atoms with Crippen molar-refractivity contribution >= 4 is 17.8 Å². The number of nitrogens with one attached hydrogen (secondary N) is 1. The molecule has 0 radical (unpaired) electrons. The molecule has 7 nitrogen and oxygen atoms in total. The first-order valence-corrected chi connectivity index (χ1v) is 7.68. The number of imide groups is 2. The van der Waals surface area contributed by atoms with Gasteiger partial charge in [0, 0.05) is 13.1 Å². The van der Waals surface area contributed by atoms with Gasteiger partial charge in [0.05, 0.1) is 13.2 Å². The second-order valence-corrected chi connectivity index (χ2v) is 5.94. The number of morpholine rings is 1. The Bertz CT molecular complexity index is 451. The molecule has 2 heterocycles. The molecule has 3 aliphatic rings. The minimum absolute atomic E-state index is 0.347. The minimum Gasteiger partial charge on any atom is -0.379 e. The van der Waals surface area contributed by atoms with Gasteiger partial charge in [-0.2, -0.15) is 5.01 Å². The van der Waals surface area contributed by atoms with E-state index in [0.717, 1.165) is 30.7 Å². The number of urea groups is 1. The second-order valence-electron chi connectivity index (χ2n) is 5.94. The maximum Gasteiger partial charge on any atom is 0.345 e. The quantitative estimate of drug-likeness (QED) is 0.719. The predicted octanol–water partition coefficient (Wildman–Crippen LogP) is 0.653. The van der Waals surface area contributed by atoms with Gasteiger partial charge in [-0.1, -0.05) is 25.7 Å². The van der Waals surface area contributed by atoms with Gasteiger partial charge in [-0.05, 0) is 12.8 Å². The Balaban J connectivity index is 1.88. The molecule has 116 valence electrons. The number of ether oxygens (including phenoxy) is 1. The fraction of sp³-hybridized carbons (Fsp3) is 0.786. The highest BCUT2D eigenvalue weighted by Crippen LogP contribution is 2.39. The number of amides is 4. The summed E-state index contributed by atoms with van der Waals surface area (Å²) in [6.07, 6.45) is 4.84. The van der Waals surface area contributed by atoms with Crippen molar-refractivity contribution < 1.29 is 19.1 Å². The first-order chi connectivity index (χ1) is 10.1. The van der Waals surface area contributed by atoms with E-state index in [2.05, 4.69) is 5.32 Å². The number of hydrogen-bond donors (Lipinski definition) is 1. The van der Waals surface area contributed by atoms with Crippen LogP contribution in [0.5, 0.6) is 0 Å². The standard InChI is InChI=1S/C14H21N3O4/c18-11-14(5-3-1-2-4-6-14)12(19)17(13(20)15-11)16-7-9-21-10-8-16/h1-10H2,(H,15,18,20).